The number of aryl methyl sites for hydroxylation is 1. The van der Waals surface area contributed by atoms with E-state index in [1.807, 2.05) is 19.1 Å². The molecular formula is C11H16N2O. The second-order valence-corrected chi connectivity index (χ2v) is 4.33. The predicted molar refractivity (Wildman–Crippen MR) is 55.5 cm³/mol. The van der Waals surface area contributed by atoms with Gasteiger partial charge in [-0.25, -0.2) is 0 Å². The number of nitrogens with two attached hydrogens (primary N) is 1. The van der Waals surface area contributed by atoms with Crippen LogP contribution in [0.15, 0.2) is 12.1 Å². The number of fused-ring (bicyclic) bond motifs is 1. The van der Waals surface area contributed by atoms with Crippen molar-refractivity contribution in [2.75, 3.05) is 6.54 Å². The molecule has 0 amide bonds. The SMILES string of the molecule is Cc1ccc2c(n1)[C@H](CN)C(C)(C)O2. The molecule has 0 radical (unpaired) electrons. The van der Waals surface area contributed by atoms with Gasteiger partial charge in [-0.2, -0.15) is 0 Å². The highest BCUT2D eigenvalue weighted by Gasteiger charge is 2.41. The normalized spacial score (nSPS) is 23.0. The van der Waals surface area contributed by atoms with E-state index in [-0.39, 0.29) is 11.5 Å². The Hall–Kier alpha value is -1.09. The van der Waals surface area contributed by atoms with E-state index in [0.717, 1.165) is 17.1 Å². The number of ether oxygens (including phenoxy) is 1. The van der Waals surface area contributed by atoms with E-state index >= 15 is 0 Å². The summed E-state index contributed by atoms with van der Waals surface area (Å²) in [5.41, 5.74) is 7.56. The van der Waals surface area contributed by atoms with Crippen LogP contribution in [0.4, 0.5) is 0 Å². The molecule has 3 heteroatoms. The van der Waals surface area contributed by atoms with Crippen LogP contribution in [-0.2, 0) is 0 Å². The Morgan fingerprint density at radius 1 is 1.50 bits per heavy atom. The van der Waals surface area contributed by atoms with Gasteiger partial charge in [0.2, 0.25) is 0 Å². The molecule has 14 heavy (non-hydrogen) atoms. The highest BCUT2D eigenvalue weighted by atomic mass is 16.5. The van der Waals surface area contributed by atoms with Crippen molar-refractivity contribution in [3.8, 4) is 5.75 Å². The van der Waals surface area contributed by atoms with Crippen molar-refractivity contribution < 1.29 is 4.74 Å². The van der Waals surface area contributed by atoms with Gasteiger partial charge in [0, 0.05) is 12.2 Å². The quantitative estimate of drug-likeness (QED) is 0.735. The number of pyridine rings is 1. The van der Waals surface area contributed by atoms with Gasteiger partial charge in [0.05, 0.1) is 11.6 Å². The number of nitrogens with zero attached hydrogens (tertiary/aromatic N) is 1. The average Bonchev–Trinajstić information content (AvgIpc) is 2.34. The fourth-order valence-electron chi connectivity index (χ4n) is 1.98. The number of aromatic nitrogens is 1. The van der Waals surface area contributed by atoms with Crippen molar-refractivity contribution >= 4 is 0 Å². The summed E-state index contributed by atoms with van der Waals surface area (Å²) in [5, 5.41) is 0. The molecule has 1 aromatic rings. The minimum Gasteiger partial charge on any atom is -0.485 e. The third-order valence-corrected chi connectivity index (χ3v) is 2.80. The van der Waals surface area contributed by atoms with Crippen molar-refractivity contribution in [2.24, 2.45) is 5.73 Å². The van der Waals surface area contributed by atoms with Gasteiger partial charge in [0.25, 0.3) is 0 Å². The van der Waals surface area contributed by atoms with E-state index in [4.69, 9.17) is 10.5 Å². The minimum atomic E-state index is -0.224. The van der Waals surface area contributed by atoms with Crippen molar-refractivity contribution in [1.82, 2.24) is 4.98 Å². The van der Waals surface area contributed by atoms with Gasteiger partial charge in [-0.15, -0.1) is 0 Å². The number of rotatable bonds is 1. The van der Waals surface area contributed by atoms with Crippen molar-refractivity contribution in [3.05, 3.63) is 23.5 Å². The molecule has 1 aliphatic heterocycles. The van der Waals surface area contributed by atoms with E-state index in [1.165, 1.54) is 0 Å². The van der Waals surface area contributed by atoms with Crippen molar-refractivity contribution in [3.63, 3.8) is 0 Å². The standard InChI is InChI=1S/C11H16N2O/c1-7-4-5-9-10(13-7)8(6-12)11(2,3)14-9/h4-5,8H,6,12H2,1-3H3/t8-/m0/s1. The van der Waals surface area contributed by atoms with Gasteiger partial charge < -0.3 is 10.5 Å². The number of hydrogen-bond donors (Lipinski definition) is 1. The smallest absolute Gasteiger partial charge is 0.142 e. The van der Waals surface area contributed by atoms with E-state index in [0.29, 0.717) is 6.54 Å². The van der Waals surface area contributed by atoms with Crippen LogP contribution in [0.3, 0.4) is 0 Å². The largest absolute Gasteiger partial charge is 0.485 e. The summed E-state index contributed by atoms with van der Waals surface area (Å²) in [6.07, 6.45) is 0. The van der Waals surface area contributed by atoms with Gasteiger partial charge >= 0.3 is 0 Å². The molecule has 0 saturated carbocycles. The first-order valence-corrected chi connectivity index (χ1v) is 4.91. The monoisotopic (exact) mass is 192 g/mol. The summed E-state index contributed by atoms with van der Waals surface area (Å²) < 4.78 is 5.81. The third-order valence-electron chi connectivity index (χ3n) is 2.80. The highest BCUT2D eigenvalue weighted by molar-refractivity contribution is 5.39. The molecule has 2 N–H and O–H groups in total. The van der Waals surface area contributed by atoms with Crippen molar-refractivity contribution in [2.45, 2.75) is 32.3 Å². The Kier molecular flexibility index (Phi) is 2.00. The first-order chi connectivity index (χ1) is 6.54. The van der Waals surface area contributed by atoms with E-state index in [1.54, 1.807) is 0 Å². The summed E-state index contributed by atoms with van der Waals surface area (Å²) in [4.78, 5) is 4.50. The molecule has 1 aliphatic rings. The van der Waals surface area contributed by atoms with Crippen LogP contribution in [0, 0.1) is 6.92 Å². The van der Waals surface area contributed by atoms with Crippen LogP contribution in [-0.4, -0.2) is 17.1 Å². The summed E-state index contributed by atoms with van der Waals surface area (Å²) in [5.74, 6) is 1.09. The maximum Gasteiger partial charge on any atom is 0.142 e. The zero-order chi connectivity index (χ0) is 10.3. The summed E-state index contributed by atoms with van der Waals surface area (Å²) >= 11 is 0. The summed E-state index contributed by atoms with van der Waals surface area (Å²) in [7, 11) is 0. The van der Waals surface area contributed by atoms with E-state index < -0.39 is 0 Å². The van der Waals surface area contributed by atoms with Gasteiger partial charge in [-0.3, -0.25) is 4.98 Å². The highest BCUT2D eigenvalue weighted by Crippen LogP contribution is 2.42. The molecule has 1 atom stereocenters. The van der Waals surface area contributed by atoms with Crippen LogP contribution in [0.2, 0.25) is 0 Å². The van der Waals surface area contributed by atoms with Gasteiger partial charge in [0.1, 0.15) is 11.4 Å². The molecular weight excluding hydrogens is 176 g/mol. The predicted octanol–water partition coefficient (Wildman–Crippen LogP) is 1.60. The summed E-state index contributed by atoms with van der Waals surface area (Å²) in [6, 6.07) is 3.95. The minimum absolute atomic E-state index is 0.206. The topological polar surface area (TPSA) is 48.1 Å². The lowest BCUT2D eigenvalue weighted by Gasteiger charge is -2.24. The molecule has 0 bridgehead atoms. The van der Waals surface area contributed by atoms with Crippen molar-refractivity contribution in [1.29, 1.82) is 0 Å². The lowest BCUT2D eigenvalue weighted by Crippen LogP contribution is -2.34. The Labute approximate surface area is 84.3 Å². The molecule has 0 spiro atoms. The Bertz CT molecular complexity index is 360. The average molecular weight is 192 g/mol. The molecule has 0 aliphatic carbocycles. The van der Waals surface area contributed by atoms with Crippen LogP contribution in [0.5, 0.6) is 5.75 Å². The molecule has 0 unspecified atom stereocenters. The second kappa shape index (κ2) is 2.95. The third kappa shape index (κ3) is 1.28. The Morgan fingerprint density at radius 2 is 2.21 bits per heavy atom. The fourth-order valence-corrected chi connectivity index (χ4v) is 1.98. The second-order valence-electron chi connectivity index (χ2n) is 4.33. The van der Waals surface area contributed by atoms with E-state index in [2.05, 4.69) is 18.8 Å². The van der Waals surface area contributed by atoms with Gasteiger partial charge in [-0.1, -0.05) is 0 Å². The lowest BCUT2D eigenvalue weighted by molar-refractivity contribution is 0.112. The molecule has 1 aromatic heterocycles. The zero-order valence-electron chi connectivity index (χ0n) is 8.87. The lowest BCUT2D eigenvalue weighted by atomic mass is 9.90. The number of hydrogen-bond acceptors (Lipinski definition) is 3. The van der Waals surface area contributed by atoms with Gasteiger partial charge in [0.15, 0.2) is 0 Å². The first-order valence-electron chi connectivity index (χ1n) is 4.91. The summed E-state index contributed by atoms with van der Waals surface area (Å²) in [6.45, 7) is 6.68. The molecule has 3 nitrogen and oxygen atoms in total. The van der Waals surface area contributed by atoms with Crippen LogP contribution in [0.25, 0.3) is 0 Å². The van der Waals surface area contributed by atoms with Gasteiger partial charge in [-0.05, 0) is 32.9 Å². The molecule has 76 valence electrons. The fraction of sp³-hybridized carbons (Fsp3) is 0.545. The molecule has 0 saturated heterocycles. The molecule has 2 rings (SSSR count). The Balaban J connectivity index is 2.49. The maximum atomic E-state index is 5.81. The van der Waals surface area contributed by atoms with Crippen LogP contribution in [0.1, 0.15) is 31.2 Å². The Morgan fingerprint density at radius 3 is 2.86 bits per heavy atom. The maximum absolute atomic E-state index is 5.81. The molecule has 2 heterocycles. The zero-order valence-corrected chi connectivity index (χ0v) is 8.87. The van der Waals surface area contributed by atoms with E-state index in [9.17, 15) is 0 Å². The first kappa shape index (κ1) is 9.46. The molecule has 0 aromatic carbocycles. The van der Waals surface area contributed by atoms with Crippen LogP contribution < -0.4 is 10.5 Å². The van der Waals surface area contributed by atoms with Crippen LogP contribution >= 0.6 is 0 Å². The molecule has 0 fully saturated rings.